The van der Waals surface area contributed by atoms with E-state index in [4.69, 9.17) is 16.2 Å². The van der Waals surface area contributed by atoms with E-state index in [0.717, 1.165) is 0 Å². The predicted octanol–water partition coefficient (Wildman–Crippen LogP) is -1.35. The average molecular weight is 349 g/mol. The lowest BCUT2D eigenvalue weighted by Crippen LogP contribution is -2.46. The van der Waals surface area contributed by atoms with Crippen LogP contribution in [0.1, 0.15) is 12.8 Å². The standard InChI is InChI=1S/C15H23N7O3/c1-18-15(22-8-21-11-13(17)19-7-20-14(11)22)6-10(24)12(25-15)9(23)4-2-3-5-16/h2-3,7-10,12,18,23-24H,4-6,16H2,1H3,(H2,17,19,20)/t9?,10-,12+,15-/m0/s1. The van der Waals surface area contributed by atoms with Gasteiger partial charge in [-0.05, 0) is 13.5 Å². The molecule has 0 spiro atoms. The number of hydrogen-bond acceptors (Lipinski definition) is 9. The fourth-order valence-electron chi connectivity index (χ4n) is 3.11. The number of aromatic nitrogens is 4. The zero-order chi connectivity index (χ0) is 18.0. The van der Waals surface area contributed by atoms with Crippen LogP contribution in [0.3, 0.4) is 0 Å². The van der Waals surface area contributed by atoms with Crippen molar-refractivity contribution in [3.8, 4) is 0 Å². The molecule has 3 rings (SSSR count). The first-order valence-electron chi connectivity index (χ1n) is 8.04. The Hall–Kier alpha value is -2.11. The van der Waals surface area contributed by atoms with Gasteiger partial charge in [0.25, 0.3) is 0 Å². The van der Waals surface area contributed by atoms with Crippen LogP contribution in [0.25, 0.3) is 11.2 Å². The second kappa shape index (κ2) is 7.02. The molecule has 1 aliphatic rings. The van der Waals surface area contributed by atoms with Gasteiger partial charge in [-0.1, -0.05) is 12.2 Å². The monoisotopic (exact) mass is 349 g/mol. The van der Waals surface area contributed by atoms with Crippen LogP contribution in [0.4, 0.5) is 5.82 Å². The number of rotatable bonds is 6. The summed E-state index contributed by atoms with van der Waals surface area (Å²) in [6.07, 6.45) is 4.41. The van der Waals surface area contributed by atoms with Gasteiger partial charge in [0.05, 0.1) is 12.2 Å². The molecule has 10 heteroatoms. The summed E-state index contributed by atoms with van der Waals surface area (Å²) >= 11 is 0. The van der Waals surface area contributed by atoms with Crippen molar-refractivity contribution < 1.29 is 14.9 Å². The summed E-state index contributed by atoms with van der Waals surface area (Å²) in [7, 11) is 1.70. The summed E-state index contributed by atoms with van der Waals surface area (Å²) < 4.78 is 7.70. The average Bonchev–Trinajstić information content (AvgIpc) is 3.18. The van der Waals surface area contributed by atoms with Gasteiger partial charge < -0.3 is 26.4 Å². The number of nitrogens with two attached hydrogens (primary N) is 2. The van der Waals surface area contributed by atoms with E-state index in [9.17, 15) is 10.2 Å². The van der Waals surface area contributed by atoms with Crippen molar-refractivity contribution in [2.75, 3.05) is 19.3 Å². The number of fused-ring (bicyclic) bond motifs is 1. The van der Waals surface area contributed by atoms with Gasteiger partial charge in [-0.2, -0.15) is 0 Å². The maximum absolute atomic E-state index is 10.4. The summed E-state index contributed by atoms with van der Waals surface area (Å²) in [6.45, 7) is 0.392. The zero-order valence-electron chi connectivity index (χ0n) is 13.9. The molecule has 2 aromatic heterocycles. The number of aliphatic hydroxyl groups excluding tert-OH is 2. The lowest BCUT2D eigenvalue weighted by molar-refractivity contribution is -0.151. The molecule has 1 aliphatic heterocycles. The molecule has 7 N–H and O–H groups in total. The Morgan fingerprint density at radius 3 is 3.00 bits per heavy atom. The van der Waals surface area contributed by atoms with Crippen LogP contribution in [0, 0.1) is 0 Å². The van der Waals surface area contributed by atoms with E-state index in [1.54, 1.807) is 23.8 Å². The smallest absolute Gasteiger partial charge is 0.206 e. The van der Waals surface area contributed by atoms with Crippen molar-refractivity contribution in [3.05, 3.63) is 24.8 Å². The largest absolute Gasteiger partial charge is 0.390 e. The molecule has 2 aromatic rings. The molecule has 1 unspecified atom stereocenters. The summed E-state index contributed by atoms with van der Waals surface area (Å²) in [4.78, 5) is 12.4. The topological polar surface area (TPSA) is 157 Å². The SMILES string of the molecule is CN[C@]1(n2cnc3c(N)ncnc32)C[C@H](O)[C@@H](C(O)CC=CCN)O1. The van der Waals surface area contributed by atoms with Crippen molar-refractivity contribution in [3.63, 3.8) is 0 Å². The van der Waals surface area contributed by atoms with Gasteiger partial charge in [0.1, 0.15) is 24.3 Å². The first kappa shape index (κ1) is 17.7. The predicted molar refractivity (Wildman–Crippen MR) is 91.1 cm³/mol. The van der Waals surface area contributed by atoms with Crippen LogP contribution in [-0.4, -0.2) is 61.6 Å². The van der Waals surface area contributed by atoms with Gasteiger partial charge in [0.2, 0.25) is 5.85 Å². The minimum atomic E-state index is -1.10. The number of nitrogen functional groups attached to an aromatic ring is 1. The summed E-state index contributed by atoms with van der Waals surface area (Å²) in [5, 5.41) is 23.9. The van der Waals surface area contributed by atoms with E-state index >= 15 is 0 Å². The van der Waals surface area contributed by atoms with E-state index in [1.807, 2.05) is 0 Å². The van der Waals surface area contributed by atoms with Crippen LogP contribution in [0.2, 0.25) is 0 Å². The Labute approximate surface area is 144 Å². The van der Waals surface area contributed by atoms with Crippen molar-refractivity contribution >= 4 is 17.0 Å². The van der Waals surface area contributed by atoms with E-state index in [2.05, 4.69) is 20.3 Å². The molecular formula is C15H23N7O3. The molecule has 0 radical (unpaired) electrons. The van der Waals surface area contributed by atoms with Crippen LogP contribution < -0.4 is 16.8 Å². The minimum absolute atomic E-state index is 0.210. The molecule has 1 saturated heterocycles. The third-order valence-corrected chi connectivity index (χ3v) is 4.40. The zero-order valence-corrected chi connectivity index (χ0v) is 13.9. The molecule has 10 nitrogen and oxygen atoms in total. The maximum Gasteiger partial charge on any atom is 0.206 e. The van der Waals surface area contributed by atoms with Crippen molar-refractivity contribution in [2.45, 2.75) is 37.0 Å². The van der Waals surface area contributed by atoms with E-state index < -0.39 is 24.2 Å². The van der Waals surface area contributed by atoms with Gasteiger partial charge >= 0.3 is 0 Å². The second-order valence-electron chi connectivity index (χ2n) is 5.94. The number of imidazole rings is 1. The van der Waals surface area contributed by atoms with Crippen LogP contribution in [0.15, 0.2) is 24.8 Å². The second-order valence-corrected chi connectivity index (χ2v) is 5.94. The Morgan fingerprint density at radius 2 is 2.28 bits per heavy atom. The highest BCUT2D eigenvalue weighted by Crippen LogP contribution is 2.36. The Balaban J connectivity index is 1.91. The lowest BCUT2D eigenvalue weighted by Gasteiger charge is -2.31. The Kier molecular flexibility index (Phi) is 4.97. The minimum Gasteiger partial charge on any atom is -0.390 e. The molecule has 0 saturated carbocycles. The van der Waals surface area contributed by atoms with Crippen molar-refractivity contribution in [2.24, 2.45) is 5.73 Å². The number of nitrogens with zero attached hydrogens (tertiary/aromatic N) is 4. The molecule has 0 aliphatic carbocycles. The number of hydrogen-bond donors (Lipinski definition) is 5. The molecule has 25 heavy (non-hydrogen) atoms. The first-order chi connectivity index (χ1) is 12.0. The highest BCUT2D eigenvalue weighted by molar-refractivity contribution is 5.81. The van der Waals surface area contributed by atoms with E-state index in [1.165, 1.54) is 12.7 Å². The van der Waals surface area contributed by atoms with Gasteiger partial charge in [0, 0.05) is 13.0 Å². The molecular weight excluding hydrogens is 326 g/mol. The van der Waals surface area contributed by atoms with Crippen LogP contribution in [0.5, 0.6) is 0 Å². The van der Waals surface area contributed by atoms with Crippen molar-refractivity contribution in [1.82, 2.24) is 24.8 Å². The highest BCUT2D eigenvalue weighted by Gasteiger charge is 2.49. The van der Waals surface area contributed by atoms with Gasteiger partial charge in [-0.15, -0.1) is 0 Å². The molecule has 0 bridgehead atoms. The Morgan fingerprint density at radius 1 is 1.48 bits per heavy atom. The fraction of sp³-hybridized carbons (Fsp3) is 0.533. The van der Waals surface area contributed by atoms with Gasteiger partial charge in [-0.3, -0.25) is 9.88 Å². The number of anilines is 1. The fourth-order valence-corrected chi connectivity index (χ4v) is 3.11. The maximum atomic E-state index is 10.4. The third kappa shape index (κ3) is 3.10. The first-order valence-corrected chi connectivity index (χ1v) is 8.04. The third-order valence-electron chi connectivity index (χ3n) is 4.40. The summed E-state index contributed by atoms with van der Waals surface area (Å²) in [5.74, 6) is -0.838. The highest BCUT2D eigenvalue weighted by atomic mass is 16.6. The number of aliphatic hydroxyl groups is 2. The van der Waals surface area contributed by atoms with Crippen LogP contribution in [-0.2, 0) is 10.6 Å². The Bertz CT molecular complexity index is 765. The number of nitrogens with one attached hydrogen (secondary N) is 1. The molecule has 4 atom stereocenters. The van der Waals surface area contributed by atoms with E-state index in [0.29, 0.717) is 24.1 Å². The van der Waals surface area contributed by atoms with E-state index in [-0.39, 0.29) is 12.2 Å². The molecule has 0 amide bonds. The van der Waals surface area contributed by atoms with Crippen LogP contribution >= 0.6 is 0 Å². The molecule has 0 aromatic carbocycles. The normalized spacial score (nSPS) is 28.2. The summed E-state index contributed by atoms with van der Waals surface area (Å²) in [6, 6.07) is 0. The van der Waals surface area contributed by atoms with Gasteiger partial charge in [0.15, 0.2) is 11.5 Å². The quantitative estimate of drug-likeness (QED) is 0.398. The van der Waals surface area contributed by atoms with Gasteiger partial charge in [-0.25, -0.2) is 15.0 Å². The lowest BCUT2D eigenvalue weighted by atomic mass is 10.0. The molecule has 1 fully saturated rings. The number of ether oxygens (including phenoxy) is 1. The molecule has 3 heterocycles. The van der Waals surface area contributed by atoms with Crippen molar-refractivity contribution in [1.29, 1.82) is 0 Å². The summed E-state index contributed by atoms with van der Waals surface area (Å²) in [5.41, 5.74) is 12.2. The molecule has 136 valence electrons.